The molecule has 0 fully saturated rings. The zero-order valence-corrected chi connectivity index (χ0v) is 6.82. The molecule has 1 aromatic heterocycles. The van der Waals surface area contributed by atoms with Gasteiger partial charge >= 0.3 is 7.12 Å². The van der Waals surface area contributed by atoms with Crippen LogP contribution in [0, 0.1) is 0 Å². The fraction of sp³-hybridized carbons (Fsp3) is 0. The molecule has 0 atom stereocenters. The summed E-state index contributed by atoms with van der Waals surface area (Å²) in [5.41, 5.74) is 1.67. The van der Waals surface area contributed by atoms with Gasteiger partial charge in [0.05, 0.1) is 11.7 Å². The number of rotatable bonds is 1. The lowest BCUT2D eigenvalue weighted by Gasteiger charge is -1.97. The van der Waals surface area contributed by atoms with E-state index in [4.69, 9.17) is 10.0 Å². The lowest BCUT2D eigenvalue weighted by Crippen LogP contribution is -2.30. The number of benzene rings is 1. The molecule has 0 aliphatic rings. The molecule has 6 heteroatoms. The fourth-order valence-corrected chi connectivity index (χ4v) is 1.59. The second-order valence-electron chi connectivity index (χ2n) is 2.35. The van der Waals surface area contributed by atoms with E-state index in [1.54, 1.807) is 18.2 Å². The maximum atomic E-state index is 8.93. The van der Waals surface area contributed by atoms with Crippen molar-refractivity contribution in [1.29, 1.82) is 0 Å². The van der Waals surface area contributed by atoms with Crippen molar-refractivity contribution < 1.29 is 10.0 Å². The van der Waals surface area contributed by atoms with Crippen molar-refractivity contribution >= 4 is 35.3 Å². The van der Waals surface area contributed by atoms with Gasteiger partial charge in [-0.15, -0.1) is 0 Å². The first-order valence-corrected chi connectivity index (χ1v) is 4.09. The molecule has 0 bridgehead atoms. The standard InChI is InChI=1S/C6H5BN2O2S/c10-7(11)4-2-1-3-5-6(4)9-12-8-5/h1-3,10-11H. The highest BCUT2D eigenvalue weighted by molar-refractivity contribution is 7.00. The third-order valence-electron chi connectivity index (χ3n) is 1.60. The highest BCUT2D eigenvalue weighted by Crippen LogP contribution is 2.07. The van der Waals surface area contributed by atoms with Crippen LogP contribution in [0.25, 0.3) is 11.0 Å². The average molecular weight is 180 g/mol. The molecule has 2 rings (SSSR count). The third-order valence-corrected chi connectivity index (χ3v) is 2.14. The molecule has 0 saturated carbocycles. The van der Waals surface area contributed by atoms with Crippen LogP contribution < -0.4 is 5.46 Å². The van der Waals surface area contributed by atoms with Crippen molar-refractivity contribution in [3.63, 3.8) is 0 Å². The number of hydrogen-bond donors (Lipinski definition) is 2. The monoisotopic (exact) mass is 180 g/mol. The minimum absolute atomic E-state index is 0.404. The van der Waals surface area contributed by atoms with E-state index in [1.165, 1.54) is 0 Å². The van der Waals surface area contributed by atoms with Crippen LogP contribution in [0.5, 0.6) is 0 Å². The Morgan fingerprint density at radius 1 is 1.25 bits per heavy atom. The molecular weight excluding hydrogens is 175 g/mol. The van der Waals surface area contributed by atoms with E-state index in [-0.39, 0.29) is 0 Å². The van der Waals surface area contributed by atoms with Gasteiger partial charge in [0.25, 0.3) is 0 Å². The number of hydrogen-bond acceptors (Lipinski definition) is 5. The van der Waals surface area contributed by atoms with Crippen LogP contribution in [0.15, 0.2) is 18.2 Å². The lowest BCUT2D eigenvalue weighted by atomic mass is 9.79. The number of nitrogens with zero attached hydrogens (tertiary/aromatic N) is 2. The fourth-order valence-electron chi connectivity index (χ4n) is 1.04. The van der Waals surface area contributed by atoms with E-state index in [0.29, 0.717) is 16.5 Å². The number of aromatic nitrogens is 2. The van der Waals surface area contributed by atoms with Gasteiger partial charge in [0.15, 0.2) is 0 Å². The molecule has 0 radical (unpaired) electrons. The molecule has 4 nitrogen and oxygen atoms in total. The molecule has 1 heterocycles. The smallest absolute Gasteiger partial charge is 0.423 e. The minimum Gasteiger partial charge on any atom is -0.423 e. The van der Waals surface area contributed by atoms with Gasteiger partial charge in [0.2, 0.25) is 0 Å². The molecule has 0 amide bonds. The largest absolute Gasteiger partial charge is 0.490 e. The summed E-state index contributed by atoms with van der Waals surface area (Å²) in [6.45, 7) is 0. The van der Waals surface area contributed by atoms with Gasteiger partial charge in [-0.2, -0.15) is 8.75 Å². The Morgan fingerprint density at radius 2 is 2.08 bits per heavy atom. The summed E-state index contributed by atoms with van der Waals surface area (Å²) >= 11 is 1.06. The summed E-state index contributed by atoms with van der Waals surface area (Å²) in [6, 6.07) is 5.12. The molecule has 1 aromatic carbocycles. The molecule has 0 spiro atoms. The van der Waals surface area contributed by atoms with Crippen LogP contribution in [-0.4, -0.2) is 25.9 Å². The van der Waals surface area contributed by atoms with Crippen molar-refractivity contribution in [2.24, 2.45) is 0 Å². The minimum atomic E-state index is -1.47. The second-order valence-corrected chi connectivity index (χ2v) is 2.88. The van der Waals surface area contributed by atoms with Crippen molar-refractivity contribution in [3.8, 4) is 0 Å². The van der Waals surface area contributed by atoms with Crippen LogP contribution >= 0.6 is 11.7 Å². The molecule has 12 heavy (non-hydrogen) atoms. The van der Waals surface area contributed by atoms with Gasteiger partial charge < -0.3 is 10.0 Å². The highest BCUT2D eigenvalue weighted by atomic mass is 32.1. The Balaban J connectivity index is 2.73. The van der Waals surface area contributed by atoms with Crippen LogP contribution in [0.2, 0.25) is 0 Å². The van der Waals surface area contributed by atoms with Gasteiger partial charge in [-0.25, -0.2) is 0 Å². The van der Waals surface area contributed by atoms with E-state index in [0.717, 1.165) is 11.7 Å². The quantitative estimate of drug-likeness (QED) is 0.573. The normalized spacial score (nSPS) is 10.5. The molecule has 0 aliphatic carbocycles. The Bertz CT molecular complexity index is 403. The highest BCUT2D eigenvalue weighted by Gasteiger charge is 2.16. The Kier molecular flexibility index (Phi) is 1.80. The topological polar surface area (TPSA) is 66.2 Å². The Labute approximate surface area is 73.0 Å². The van der Waals surface area contributed by atoms with Gasteiger partial charge in [-0.3, -0.25) is 0 Å². The van der Waals surface area contributed by atoms with E-state index >= 15 is 0 Å². The maximum absolute atomic E-state index is 8.93. The number of fused-ring (bicyclic) bond motifs is 1. The summed E-state index contributed by atoms with van der Waals surface area (Å²) in [5, 5.41) is 17.9. The van der Waals surface area contributed by atoms with Gasteiger partial charge in [0, 0.05) is 5.46 Å². The molecular formula is C6H5BN2O2S. The predicted octanol–water partition coefficient (Wildman–Crippen LogP) is -0.629. The second kappa shape index (κ2) is 2.82. The van der Waals surface area contributed by atoms with Crippen LogP contribution in [0.4, 0.5) is 0 Å². The van der Waals surface area contributed by atoms with E-state index in [9.17, 15) is 0 Å². The summed E-state index contributed by atoms with van der Waals surface area (Å²) in [5.74, 6) is 0. The molecule has 2 aromatic rings. The molecule has 2 N–H and O–H groups in total. The molecule has 0 saturated heterocycles. The third kappa shape index (κ3) is 1.10. The lowest BCUT2D eigenvalue weighted by molar-refractivity contribution is 0.426. The van der Waals surface area contributed by atoms with Crippen molar-refractivity contribution in [1.82, 2.24) is 8.75 Å². The van der Waals surface area contributed by atoms with Crippen LogP contribution in [0.3, 0.4) is 0 Å². The predicted molar refractivity (Wildman–Crippen MR) is 47.2 cm³/mol. The van der Waals surface area contributed by atoms with Gasteiger partial charge in [0.1, 0.15) is 11.0 Å². The van der Waals surface area contributed by atoms with Gasteiger partial charge in [-0.1, -0.05) is 12.1 Å². The van der Waals surface area contributed by atoms with Crippen molar-refractivity contribution in [3.05, 3.63) is 18.2 Å². The van der Waals surface area contributed by atoms with Crippen LogP contribution in [-0.2, 0) is 0 Å². The van der Waals surface area contributed by atoms with E-state index in [2.05, 4.69) is 8.75 Å². The van der Waals surface area contributed by atoms with E-state index in [1.807, 2.05) is 0 Å². The average Bonchev–Trinajstić information content (AvgIpc) is 2.49. The zero-order chi connectivity index (χ0) is 8.55. The SMILES string of the molecule is OB(O)c1cccc2nsnc12. The first kappa shape index (κ1) is 7.66. The van der Waals surface area contributed by atoms with E-state index < -0.39 is 7.12 Å². The summed E-state index contributed by atoms with van der Waals surface area (Å²) in [7, 11) is -1.47. The first-order valence-electron chi connectivity index (χ1n) is 3.36. The summed E-state index contributed by atoms with van der Waals surface area (Å²) in [6.07, 6.45) is 0. The van der Waals surface area contributed by atoms with Gasteiger partial charge in [-0.05, 0) is 6.07 Å². The van der Waals surface area contributed by atoms with Crippen LogP contribution in [0.1, 0.15) is 0 Å². The summed E-state index contributed by atoms with van der Waals surface area (Å²) < 4.78 is 7.92. The van der Waals surface area contributed by atoms with Crippen molar-refractivity contribution in [2.45, 2.75) is 0 Å². The van der Waals surface area contributed by atoms with Crippen molar-refractivity contribution in [2.75, 3.05) is 0 Å². The Hall–Kier alpha value is -0.975. The Morgan fingerprint density at radius 3 is 2.83 bits per heavy atom. The molecule has 0 aliphatic heterocycles. The summed E-state index contributed by atoms with van der Waals surface area (Å²) in [4.78, 5) is 0. The zero-order valence-electron chi connectivity index (χ0n) is 6.01. The first-order chi connectivity index (χ1) is 5.79. The molecule has 0 unspecified atom stereocenters. The maximum Gasteiger partial charge on any atom is 0.490 e. The molecule has 60 valence electrons.